The Morgan fingerprint density at radius 2 is 2.44 bits per heavy atom. The summed E-state index contributed by atoms with van der Waals surface area (Å²) in [6, 6.07) is 3.71. The molecular weight excluding hydrogens is 242 g/mol. The van der Waals surface area contributed by atoms with E-state index in [4.69, 9.17) is 18.0 Å². The summed E-state index contributed by atoms with van der Waals surface area (Å²) in [6.07, 6.45) is 0. The van der Waals surface area contributed by atoms with Crippen LogP contribution in [0.5, 0.6) is 0 Å². The van der Waals surface area contributed by atoms with Crippen LogP contribution in [0.15, 0.2) is 22.5 Å². The summed E-state index contributed by atoms with van der Waals surface area (Å²) in [5.41, 5.74) is 6.08. The summed E-state index contributed by atoms with van der Waals surface area (Å²) in [5.74, 6) is -0.806. The molecule has 0 saturated carbocycles. The number of thiocarbonyl (C=S) groups is 1. The van der Waals surface area contributed by atoms with E-state index in [-0.39, 0.29) is 11.9 Å². The van der Waals surface area contributed by atoms with Gasteiger partial charge in [0.05, 0.1) is 6.04 Å². The zero-order valence-electron chi connectivity index (χ0n) is 8.64. The van der Waals surface area contributed by atoms with Crippen LogP contribution in [-0.2, 0) is 4.79 Å². The lowest BCUT2D eigenvalue weighted by atomic mass is 9.92. The van der Waals surface area contributed by atoms with Gasteiger partial charge in [0.2, 0.25) is 5.91 Å². The second-order valence-corrected chi connectivity index (χ2v) is 4.94. The van der Waals surface area contributed by atoms with Gasteiger partial charge in [0.25, 0.3) is 0 Å². The van der Waals surface area contributed by atoms with E-state index < -0.39 is 5.92 Å². The SMILES string of the molecule is CC1=NC(=S)NC(c2cccs2)C1C(N)=O. The van der Waals surface area contributed by atoms with Gasteiger partial charge < -0.3 is 11.1 Å². The first-order valence-corrected chi connectivity index (χ1v) is 6.07. The fourth-order valence-corrected chi connectivity index (χ4v) is 2.88. The minimum absolute atomic E-state index is 0.178. The molecule has 2 atom stereocenters. The van der Waals surface area contributed by atoms with Gasteiger partial charge in [-0.3, -0.25) is 4.79 Å². The molecule has 4 nitrogen and oxygen atoms in total. The summed E-state index contributed by atoms with van der Waals surface area (Å²) in [7, 11) is 0. The zero-order valence-corrected chi connectivity index (χ0v) is 10.3. The van der Waals surface area contributed by atoms with Crippen LogP contribution in [0.2, 0.25) is 0 Å². The number of amides is 1. The van der Waals surface area contributed by atoms with Gasteiger partial charge in [-0.2, -0.15) is 0 Å². The van der Waals surface area contributed by atoms with Crippen molar-refractivity contribution in [2.45, 2.75) is 13.0 Å². The molecule has 0 fully saturated rings. The third kappa shape index (κ3) is 1.98. The van der Waals surface area contributed by atoms with Gasteiger partial charge in [-0.15, -0.1) is 11.3 Å². The van der Waals surface area contributed by atoms with Gasteiger partial charge in [0.15, 0.2) is 5.11 Å². The highest BCUT2D eigenvalue weighted by molar-refractivity contribution is 7.80. The van der Waals surface area contributed by atoms with Crippen molar-refractivity contribution < 1.29 is 4.79 Å². The molecule has 1 aromatic rings. The third-order valence-corrected chi connectivity index (χ3v) is 3.66. The number of nitrogens with two attached hydrogens (primary N) is 1. The summed E-state index contributed by atoms with van der Waals surface area (Å²) < 4.78 is 0. The topological polar surface area (TPSA) is 67.5 Å². The van der Waals surface area contributed by atoms with Crippen molar-refractivity contribution in [2.24, 2.45) is 16.6 Å². The minimum Gasteiger partial charge on any atom is -0.369 e. The van der Waals surface area contributed by atoms with E-state index in [1.54, 1.807) is 18.3 Å². The van der Waals surface area contributed by atoms with Crippen LogP contribution in [0, 0.1) is 5.92 Å². The Labute approximate surface area is 103 Å². The Bertz CT molecular complexity index is 453. The van der Waals surface area contributed by atoms with Crippen molar-refractivity contribution >= 4 is 40.3 Å². The molecule has 1 amide bonds. The molecular formula is C10H11N3OS2. The molecule has 0 aliphatic carbocycles. The van der Waals surface area contributed by atoms with E-state index in [0.29, 0.717) is 10.8 Å². The van der Waals surface area contributed by atoms with Crippen LogP contribution < -0.4 is 11.1 Å². The van der Waals surface area contributed by atoms with E-state index in [1.165, 1.54) is 0 Å². The molecule has 84 valence electrons. The minimum atomic E-state index is -0.426. The van der Waals surface area contributed by atoms with E-state index in [1.807, 2.05) is 17.5 Å². The standard InChI is InChI=1S/C10H11N3OS2/c1-5-7(9(11)14)8(13-10(15)12-5)6-3-2-4-16-6/h2-4,7-8H,1H3,(H2,11,14)(H,13,15). The quantitative estimate of drug-likeness (QED) is 0.779. The van der Waals surface area contributed by atoms with E-state index >= 15 is 0 Å². The molecule has 1 aromatic heterocycles. The predicted molar refractivity (Wildman–Crippen MR) is 68.6 cm³/mol. The van der Waals surface area contributed by atoms with Crippen molar-refractivity contribution in [2.75, 3.05) is 0 Å². The van der Waals surface area contributed by atoms with E-state index in [0.717, 1.165) is 4.88 Å². The van der Waals surface area contributed by atoms with Gasteiger partial charge in [0, 0.05) is 10.6 Å². The summed E-state index contributed by atoms with van der Waals surface area (Å²) >= 11 is 6.60. The maximum Gasteiger partial charge on any atom is 0.228 e. The van der Waals surface area contributed by atoms with Crippen LogP contribution in [0.4, 0.5) is 0 Å². The first-order valence-electron chi connectivity index (χ1n) is 4.78. The fourth-order valence-electron chi connectivity index (χ4n) is 1.79. The number of rotatable bonds is 2. The number of nitrogens with zero attached hydrogens (tertiary/aromatic N) is 1. The van der Waals surface area contributed by atoms with Crippen LogP contribution in [0.25, 0.3) is 0 Å². The average Bonchev–Trinajstić information content (AvgIpc) is 2.67. The second-order valence-electron chi connectivity index (χ2n) is 3.58. The van der Waals surface area contributed by atoms with Crippen LogP contribution in [0.1, 0.15) is 17.8 Å². The van der Waals surface area contributed by atoms with Crippen molar-refractivity contribution in [1.82, 2.24) is 5.32 Å². The molecule has 1 aliphatic heterocycles. The second kappa shape index (κ2) is 4.31. The zero-order chi connectivity index (χ0) is 11.7. The van der Waals surface area contributed by atoms with Gasteiger partial charge in [-0.05, 0) is 30.6 Å². The fraction of sp³-hybridized carbons (Fsp3) is 0.300. The summed E-state index contributed by atoms with van der Waals surface area (Å²) in [5, 5.41) is 5.40. The van der Waals surface area contributed by atoms with Crippen LogP contribution >= 0.6 is 23.6 Å². The first-order chi connectivity index (χ1) is 7.59. The summed E-state index contributed by atoms with van der Waals surface area (Å²) in [4.78, 5) is 16.6. The molecule has 0 spiro atoms. The number of primary amides is 1. The van der Waals surface area contributed by atoms with E-state index in [9.17, 15) is 4.79 Å². The number of thiophene rings is 1. The van der Waals surface area contributed by atoms with Gasteiger partial charge >= 0.3 is 0 Å². The highest BCUT2D eigenvalue weighted by Gasteiger charge is 2.34. The summed E-state index contributed by atoms with van der Waals surface area (Å²) in [6.45, 7) is 1.78. The van der Waals surface area contributed by atoms with E-state index in [2.05, 4.69) is 10.3 Å². The van der Waals surface area contributed by atoms with Crippen molar-refractivity contribution in [3.8, 4) is 0 Å². The third-order valence-electron chi connectivity index (χ3n) is 2.50. The monoisotopic (exact) mass is 253 g/mol. The largest absolute Gasteiger partial charge is 0.369 e. The first kappa shape index (κ1) is 11.2. The number of carbonyl (C=O) groups is 1. The number of aliphatic imine (C=N–C) groups is 1. The molecule has 16 heavy (non-hydrogen) atoms. The number of carbonyl (C=O) groups excluding carboxylic acids is 1. The molecule has 0 radical (unpaired) electrons. The van der Waals surface area contributed by atoms with Crippen molar-refractivity contribution in [1.29, 1.82) is 0 Å². The maximum absolute atomic E-state index is 11.4. The number of hydrogen-bond donors (Lipinski definition) is 2. The lowest BCUT2D eigenvalue weighted by Gasteiger charge is -2.29. The molecule has 6 heteroatoms. The smallest absolute Gasteiger partial charge is 0.228 e. The lowest BCUT2D eigenvalue weighted by molar-refractivity contribution is -0.120. The molecule has 2 heterocycles. The Kier molecular flexibility index (Phi) is 3.02. The van der Waals surface area contributed by atoms with Crippen LogP contribution in [0.3, 0.4) is 0 Å². The van der Waals surface area contributed by atoms with Gasteiger partial charge in [0.1, 0.15) is 5.92 Å². The molecule has 3 N–H and O–H groups in total. The highest BCUT2D eigenvalue weighted by Crippen LogP contribution is 2.29. The Morgan fingerprint density at radius 3 is 3.00 bits per heavy atom. The molecule has 0 saturated heterocycles. The Hall–Kier alpha value is -1.27. The van der Waals surface area contributed by atoms with Crippen molar-refractivity contribution in [3.63, 3.8) is 0 Å². The van der Waals surface area contributed by atoms with Crippen molar-refractivity contribution in [3.05, 3.63) is 22.4 Å². The normalized spacial score (nSPS) is 24.8. The molecule has 1 aliphatic rings. The van der Waals surface area contributed by atoms with Gasteiger partial charge in [-0.25, -0.2) is 4.99 Å². The Balaban J connectivity index is 2.40. The molecule has 0 aromatic carbocycles. The number of hydrogen-bond acceptors (Lipinski definition) is 3. The average molecular weight is 253 g/mol. The lowest BCUT2D eigenvalue weighted by Crippen LogP contribution is -2.45. The molecule has 2 unspecified atom stereocenters. The Morgan fingerprint density at radius 1 is 1.69 bits per heavy atom. The maximum atomic E-state index is 11.4. The highest BCUT2D eigenvalue weighted by atomic mass is 32.1. The van der Waals surface area contributed by atoms with Gasteiger partial charge in [-0.1, -0.05) is 6.07 Å². The number of nitrogens with one attached hydrogen (secondary N) is 1. The predicted octanol–water partition coefficient (Wildman–Crippen LogP) is 1.24. The molecule has 2 rings (SSSR count). The molecule has 0 bridgehead atoms. The van der Waals surface area contributed by atoms with Crippen LogP contribution in [-0.4, -0.2) is 16.7 Å².